The third-order valence-electron chi connectivity index (χ3n) is 7.06. The molecule has 1 saturated carbocycles. The lowest BCUT2D eigenvalue weighted by Gasteiger charge is -2.30. The number of rotatable bonds is 5. The fourth-order valence-corrected chi connectivity index (χ4v) is 5.75. The zero-order valence-electron chi connectivity index (χ0n) is 20.7. The van der Waals surface area contributed by atoms with E-state index in [2.05, 4.69) is 43.0 Å². The van der Waals surface area contributed by atoms with Gasteiger partial charge >= 0.3 is 0 Å². The molecule has 3 aromatic rings. The number of thioether (sulfide) groups is 1. The van der Waals surface area contributed by atoms with E-state index in [-0.39, 0.29) is 17.7 Å². The van der Waals surface area contributed by atoms with Crippen molar-refractivity contribution >= 4 is 74.4 Å². The molecule has 10 heteroatoms. The first-order chi connectivity index (χ1) is 18.5. The van der Waals surface area contributed by atoms with Crippen molar-refractivity contribution in [3.8, 4) is 0 Å². The minimum absolute atomic E-state index is 0.0247. The van der Waals surface area contributed by atoms with Crippen molar-refractivity contribution in [2.45, 2.75) is 19.3 Å². The largest absolute Gasteiger partial charge is 0.368 e. The highest BCUT2D eigenvalue weighted by Crippen LogP contribution is 2.34. The normalized spacial score (nSPS) is 20.1. The average molecular weight is 547 g/mol. The Bertz CT molecular complexity index is 1480. The Morgan fingerprint density at radius 3 is 2.79 bits per heavy atom. The van der Waals surface area contributed by atoms with Gasteiger partial charge in [0.2, 0.25) is 5.91 Å². The molecule has 38 heavy (non-hydrogen) atoms. The lowest BCUT2D eigenvalue weighted by atomic mass is 9.85. The van der Waals surface area contributed by atoms with Crippen LogP contribution in [0.25, 0.3) is 17.0 Å². The van der Waals surface area contributed by atoms with Crippen LogP contribution in [0.2, 0.25) is 5.02 Å². The second kappa shape index (κ2) is 10.8. The van der Waals surface area contributed by atoms with Gasteiger partial charge in [-0.15, -0.1) is 0 Å². The van der Waals surface area contributed by atoms with Gasteiger partial charge in [0.15, 0.2) is 5.17 Å². The summed E-state index contributed by atoms with van der Waals surface area (Å²) < 4.78 is 0. The number of nitrogens with one attached hydrogen (secondary N) is 3. The number of amidine groups is 1. The molecule has 2 aliphatic heterocycles. The summed E-state index contributed by atoms with van der Waals surface area (Å²) in [7, 11) is 0. The number of benzene rings is 2. The molecule has 3 N–H and O–H groups in total. The van der Waals surface area contributed by atoms with Crippen LogP contribution in [0.5, 0.6) is 0 Å². The summed E-state index contributed by atoms with van der Waals surface area (Å²) in [6, 6.07) is 13.3. The molecule has 3 heterocycles. The smallest absolute Gasteiger partial charge is 0.264 e. The van der Waals surface area contributed by atoms with Gasteiger partial charge in [0.1, 0.15) is 0 Å². The molecule has 0 atom stereocenters. The van der Waals surface area contributed by atoms with E-state index >= 15 is 0 Å². The minimum atomic E-state index is -0.215. The number of aliphatic imine (C=N–C) groups is 1. The third kappa shape index (κ3) is 5.27. The Kier molecular flexibility index (Phi) is 7.06. The predicted molar refractivity (Wildman–Crippen MR) is 155 cm³/mol. The van der Waals surface area contributed by atoms with Crippen molar-refractivity contribution < 1.29 is 9.59 Å². The molecule has 1 aliphatic carbocycles. The van der Waals surface area contributed by atoms with Gasteiger partial charge in [-0.05, 0) is 72.6 Å². The van der Waals surface area contributed by atoms with Crippen LogP contribution in [-0.2, 0) is 9.59 Å². The van der Waals surface area contributed by atoms with Crippen molar-refractivity contribution in [1.82, 2.24) is 15.6 Å². The van der Waals surface area contributed by atoms with Crippen molar-refractivity contribution in [3.63, 3.8) is 0 Å². The summed E-state index contributed by atoms with van der Waals surface area (Å²) in [6.45, 7) is 3.78. The summed E-state index contributed by atoms with van der Waals surface area (Å²) in [5.74, 6) is -0.110. The number of halogens is 1. The minimum Gasteiger partial charge on any atom is -0.368 e. The number of carbonyl (C=O) groups excluding carboxylic acids is 2. The number of anilines is 2. The number of pyridine rings is 1. The van der Waals surface area contributed by atoms with Crippen LogP contribution >= 0.6 is 23.4 Å². The van der Waals surface area contributed by atoms with Crippen LogP contribution in [0.4, 0.5) is 17.1 Å². The van der Waals surface area contributed by atoms with Crippen LogP contribution in [0.1, 0.15) is 24.8 Å². The number of aromatic nitrogens is 1. The van der Waals surface area contributed by atoms with Crippen molar-refractivity contribution in [3.05, 3.63) is 64.2 Å². The van der Waals surface area contributed by atoms with Crippen LogP contribution in [0.15, 0.2) is 58.6 Å². The first-order valence-corrected chi connectivity index (χ1v) is 14.0. The molecule has 2 aromatic carbocycles. The molecule has 6 rings (SSSR count). The number of fused-ring (bicyclic) bond motifs is 1. The summed E-state index contributed by atoms with van der Waals surface area (Å²) in [5, 5.41) is 11.1. The zero-order valence-corrected chi connectivity index (χ0v) is 22.2. The van der Waals surface area contributed by atoms with Crippen molar-refractivity contribution in [1.29, 1.82) is 0 Å². The van der Waals surface area contributed by atoms with Gasteiger partial charge in [0, 0.05) is 55.1 Å². The molecule has 0 bridgehead atoms. The highest BCUT2D eigenvalue weighted by Gasteiger charge is 2.26. The van der Waals surface area contributed by atoms with Crippen LogP contribution in [-0.4, -0.2) is 48.1 Å². The highest BCUT2D eigenvalue weighted by atomic mass is 35.5. The second-order valence-corrected chi connectivity index (χ2v) is 11.0. The molecule has 194 valence electrons. The number of piperazine rings is 1. The zero-order chi connectivity index (χ0) is 26.1. The molecule has 3 fully saturated rings. The van der Waals surface area contributed by atoms with Crippen LogP contribution < -0.4 is 20.9 Å². The van der Waals surface area contributed by atoms with Crippen LogP contribution in [0, 0.1) is 5.92 Å². The Labute approximate surface area is 229 Å². The molecular weight excluding hydrogens is 520 g/mol. The molecule has 2 amide bonds. The van der Waals surface area contributed by atoms with Gasteiger partial charge in [-0.3, -0.25) is 14.6 Å². The van der Waals surface area contributed by atoms with Gasteiger partial charge < -0.3 is 20.9 Å². The van der Waals surface area contributed by atoms with Gasteiger partial charge in [-0.25, -0.2) is 4.99 Å². The predicted octanol–water partition coefficient (Wildman–Crippen LogP) is 4.93. The molecule has 0 spiro atoms. The molecule has 0 radical (unpaired) electrons. The van der Waals surface area contributed by atoms with Gasteiger partial charge in [-0.1, -0.05) is 24.1 Å². The number of carbonyl (C=O) groups is 2. The van der Waals surface area contributed by atoms with Gasteiger partial charge in [0.05, 0.1) is 21.1 Å². The topological polar surface area (TPSA) is 98.7 Å². The Hall–Kier alpha value is -3.40. The van der Waals surface area contributed by atoms with E-state index in [9.17, 15) is 9.59 Å². The number of amides is 2. The quantitative estimate of drug-likeness (QED) is 0.393. The van der Waals surface area contributed by atoms with E-state index in [1.807, 2.05) is 24.4 Å². The molecule has 2 saturated heterocycles. The maximum Gasteiger partial charge on any atom is 0.264 e. The number of nitrogens with zero attached hydrogens (tertiary/aromatic N) is 3. The van der Waals surface area contributed by atoms with E-state index in [0.717, 1.165) is 67.6 Å². The lowest BCUT2D eigenvalue weighted by Crippen LogP contribution is -2.43. The molecule has 8 nitrogen and oxygen atoms in total. The van der Waals surface area contributed by atoms with Crippen molar-refractivity contribution in [2.75, 3.05) is 36.4 Å². The first-order valence-electron chi connectivity index (χ1n) is 12.8. The fourth-order valence-electron chi connectivity index (χ4n) is 4.75. The highest BCUT2D eigenvalue weighted by molar-refractivity contribution is 8.18. The monoisotopic (exact) mass is 546 g/mol. The van der Waals surface area contributed by atoms with E-state index in [4.69, 9.17) is 11.6 Å². The average Bonchev–Trinajstić information content (AvgIpc) is 3.23. The standard InChI is InChI=1S/C28H27ClN6O2S/c29-21-6-5-19(32-26(36)18-2-1-3-18)16-23(21)33-28-34-27(37)25(38-28)15-17-4-7-22-20(14-17)24(8-9-31-22)35-12-10-30-11-13-35/h4-9,14-16,18,30H,1-3,10-13H2,(H,32,36)(H,33,34,37)/b25-15+. The van der Waals surface area contributed by atoms with Gasteiger partial charge in [-0.2, -0.15) is 0 Å². The van der Waals surface area contributed by atoms with E-state index < -0.39 is 0 Å². The summed E-state index contributed by atoms with van der Waals surface area (Å²) in [5.41, 5.74) is 4.12. The fraction of sp³-hybridized carbons (Fsp3) is 0.286. The van der Waals surface area contributed by atoms with E-state index in [1.54, 1.807) is 18.2 Å². The summed E-state index contributed by atoms with van der Waals surface area (Å²) >= 11 is 7.64. The van der Waals surface area contributed by atoms with E-state index in [0.29, 0.717) is 26.5 Å². The SMILES string of the molecule is O=C1NC(=Nc2cc(NC(=O)C3CCC3)ccc2Cl)S/C1=C/c1ccc2nccc(N3CCNCC3)c2c1. The molecular formula is C28H27ClN6O2S. The van der Waals surface area contributed by atoms with E-state index in [1.165, 1.54) is 11.8 Å². The maximum absolute atomic E-state index is 12.8. The lowest BCUT2D eigenvalue weighted by molar-refractivity contribution is -0.122. The Balaban J connectivity index is 1.23. The summed E-state index contributed by atoms with van der Waals surface area (Å²) in [6.07, 6.45) is 6.67. The number of hydrogen-bond donors (Lipinski definition) is 3. The number of hydrogen-bond acceptors (Lipinski definition) is 7. The molecule has 3 aliphatic rings. The first kappa shape index (κ1) is 24.9. The Morgan fingerprint density at radius 2 is 2.00 bits per heavy atom. The summed E-state index contributed by atoms with van der Waals surface area (Å²) in [4.78, 5) is 37.1. The molecule has 1 aromatic heterocycles. The van der Waals surface area contributed by atoms with Gasteiger partial charge in [0.25, 0.3) is 5.91 Å². The Morgan fingerprint density at radius 1 is 1.16 bits per heavy atom. The molecule has 0 unspecified atom stereocenters. The van der Waals surface area contributed by atoms with Crippen LogP contribution in [0.3, 0.4) is 0 Å². The van der Waals surface area contributed by atoms with Crippen molar-refractivity contribution in [2.24, 2.45) is 10.9 Å². The maximum atomic E-state index is 12.8. The third-order valence-corrected chi connectivity index (χ3v) is 8.29. The second-order valence-electron chi connectivity index (χ2n) is 9.61.